The molecule has 5 nitrogen and oxygen atoms in total. The highest BCUT2D eigenvalue weighted by atomic mass is 16.3. The predicted molar refractivity (Wildman–Crippen MR) is 75.5 cm³/mol. The van der Waals surface area contributed by atoms with E-state index < -0.39 is 0 Å². The number of pyridine rings is 1. The quantitative estimate of drug-likeness (QED) is 0.881. The van der Waals surface area contributed by atoms with Gasteiger partial charge in [0.15, 0.2) is 0 Å². The number of aromatic nitrogens is 1. The molecule has 1 atom stereocenters. The molecular formula is C15H17N3O2. The first-order chi connectivity index (χ1) is 9.72. The van der Waals surface area contributed by atoms with Gasteiger partial charge >= 0.3 is 6.03 Å². The van der Waals surface area contributed by atoms with E-state index in [0.29, 0.717) is 5.82 Å². The molecule has 0 fully saturated rings. The Morgan fingerprint density at radius 2 is 2.30 bits per heavy atom. The van der Waals surface area contributed by atoms with Crippen LogP contribution >= 0.6 is 0 Å². The average molecular weight is 271 g/mol. The maximum absolute atomic E-state index is 12.0. The fourth-order valence-electron chi connectivity index (χ4n) is 2.56. The standard InChI is InChI=1S/C15H17N3O2/c1-10-4-2-7-14(16-10)18-15(19)17-12-5-3-6-13-11(12)8-9-20-13/h2,4,7-9,12H,3,5-6H2,1H3,(H2,16,17,18,19)/t12-/m1/s1. The first kappa shape index (κ1) is 12.7. The van der Waals surface area contributed by atoms with Crippen molar-refractivity contribution in [3.8, 4) is 0 Å². The zero-order chi connectivity index (χ0) is 13.9. The summed E-state index contributed by atoms with van der Waals surface area (Å²) in [7, 11) is 0. The van der Waals surface area contributed by atoms with Gasteiger partial charge in [-0.3, -0.25) is 5.32 Å². The van der Waals surface area contributed by atoms with Crippen LogP contribution in [0, 0.1) is 6.92 Å². The second-order valence-electron chi connectivity index (χ2n) is 5.01. The Kier molecular flexibility index (Phi) is 3.41. The van der Waals surface area contributed by atoms with Crippen LogP contribution in [-0.4, -0.2) is 11.0 Å². The summed E-state index contributed by atoms with van der Waals surface area (Å²) >= 11 is 0. The molecule has 20 heavy (non-hydrogen) atoms. The molecule has 1 aliphatic rings. The van der Waals surface area contributed by atoms with Crippen LogP contribution in [0.25, 0.3) is 0 Å². The summed E-state index contributed by atoms with van der Waals surface area (Å²) in [5, 5.41) is 5.74. The molecule has 0 bridgehead atoms. The van der Waals surface area contributed by atoms with Gasteiger partial charge in [0.1, 0.15) is 11.6 Å². The van der Waals surface area contributed by atoms with E-state index in [4.69, 9.17) is 4.42 Å². The summed E-state index contributed by atoms with van der Waals surface area (Å²) in [4.78, 5) is 16.3. The highest BCUT2D eigenvalue weighted by molar-refractivity contribution is 5.88. The van der Waals surface area contributed by atoms with Crippen molar-refractivity contribution in [1.29, 1.82) is 0 Å². The van der Waals surface area contributed by atoms with Crippen LogP contribution in [0.5, 0.6) is 0 Å². The molecule has 1 aliphatic carbocycles. The van der Waals surface area contributed by atoms with Crippen molar-refractivity contribution in [2.24, 2.45) is 0 Å². The number of nitrogens with one attached hydrogen (secondary N) is 2. The highest BCUT2D eigenvalue weighted by Gasteiger charge is 2.23. The first-order valence-electron chi connectivity index (χ1n) is 6.80. The minimum atomic E-state index is -0.234. The Balaban J connectivity index is 1.66. The lowest BCUT2D eigenvalue weighted by Gasteiger charge is -2.22. The lowest BCUT2D eigenvalue weighted by molar-refractivity contribution is 0.246. The molecule has 0 saturated heterocycles. The van der Waals surface area contributed by atoms with Gasteiger partial charge in [0, 0.05) is 17.7 Å². The minimum Gasteiger partial charge on any atom is -0.469 e. The van der Waals surface area contributed by atoms with E-state index in [0.717, 1.165) is 36.3 Å². The number of anilines is 1. The maximum Gasteiger partial charge on any atom is 0.320 e. The SMILES string of the molecule is Cc1cccc(NC(=O)N[C@@H]2CCCc3occc32)n1. The zero-order valence-corrected chi connectivity index (χ0v) is 11.3. The Labute approximate surface area is 117 Å². The number of carbonyl (C=O) groups is 1. The molecule has 2 amide bonds. The number of hydrogen-bond donors (Lipinski definition) is 2. The van der Waals surface area contributed by atoms with Crippen molar-refractivity contribution in [2.75, 3.05) is 5.32 Å². The Bertz CT molecular complexity index is 621. The second kappa shape index (κ2) is 5.36. The molecule has 0 radical (unpaired) electrons. The second-order valence-corrected chi connectivity index (χ2v) is 5.01. The van der Waals surface area contributed by atoms with Crippen LogP contribution in [0.3, 0.4) is 0 Å². The molecule has 0 aliphatic heterocycles. The average Bonchev–Trinajstić information content (AvgIpc) is 2.88. The third kappa shape index (κ3) is 2.66. The molecule has 0 saturated carbocycles. The van der Waals surface area contributed by atoms with E-state index >= 15 is 0 Å². The lowest BCUT2D eigenvalue weighted by Crippen LogP contribution is -2.34. The van der Waals surface area contributed by atoms with Gasteiger partial charge in [-0.2, -0.15) is 0 Å². The van der Waals surface area contributed by atoms with Crippen LogP contribution in [0.2, 0.25) is 0 Å². The smallest absolute Gasteiger partial charge is 0.320 e. The van der Waals surface area contributed by atoms with E-state index in [1.807, 2.05) is 25.1 Å². The van der Waals surface area contributed by atoms with Gasteiger partial charge in [-0.1, -0.05) is 6.07 Å². The Hall–Kier alpha value is -2.30. The van der Waals surface area contributed by atoms with Crippen molar-refractivity contribution in [1.82, 2.24) is 10.3 Å². The Morgan fingerprint density at radius 3 is 3.15 bits per heavy atom. The number of urea groups is 1. The molecule has 5 heteroatoms. The van der Waals surface area contributed by atoms with Gasteiger partial charge in [-0.25, -0.2) is 9.78 Å². The van der Waals surface area contributed by atoms with Crippen LogP contribution in [0.1, 0.15) is 35.9 Å². The lowest BCUT2D eigenvalue weighted by atomic mass is 9.93. The van der Waals surface area contributed by atoms with Gasteiger partial charge in [-0.15, -0.1) is 0 Å². The minimum absolute atomic E-state index is 0.0160. The highest BCUT2D eigenvalue weighted by Crippen LogP contribution is 2.30. The molecule has 104 valence electrons. The summed E-state index contributed by atoms with van der Waals surface area (Å²) in [6.07, 6.45) is 4.58. The van der Waals surface area contributed by atoms with Crippen molar-refractivity contribution in [2.45, 2.75) is 32.2 Å². The van der Waals surface area contributed by atoms with Gasteiger partial charge in [0.2, 0.25) is 0 Å². The summed E-state index contributed by atoms with van der Waals surface area (Å²) < 4.78 is 5.42. The van der Waals surface area contributed by atoms with E-state index in [2.05, 4.69) is 15.6 Å². The third-order valence-electron chi connectivity index (χ3n) is 3.49. The molecule has 0 spiro atoms. The molecule has 2 heterocycles. The number of hydrogen-bond acceptors (Lipinski definition) is 3. The topological polar surface area (TPSA) is 67.2 Å². The number of carbonyl (C=O) groups excluding carboxylic acids is 1. The first-order valence-corrected chi connectivity index (χ1v) is 6.80. The van der Waals surface area contributed by atoms with Crippen molar-refractivity contribution in [3.63, 3.8) is 0 Å². The molecule has 3 rings (SSSR count). The molecule has 2 aromatic heterocycles. The van der Waals surface area contributed by atoms with Gasteiger partial charge < -0.3 is 9.73 Å². The van der Waals surface area contributed by atoms with Crippen LogP contribution in [-0.2, 0) is 6.42 Å². The summed E-state index contributed by atoms with van der Waals surface area (Å²) in [6, 6.07) is 7.25. The number of furan rings is 1. The number of fused-ring (bicyclic) bond motifs is 1. The molecule has 2 N–H and O–H groups in total. The van der Waals surface area contributed by atoms with E-state index in [9.17, 15) is 4.79 Å². The number of rotatable bonds is 2. The van der Waals surface area contributed by atoms with E-state index in [1.54, 1.807) is 12.3 Å². The fraction of sp³-hybridized carbons (Fsp3) is 0.333. The molecule has 2 aromatic rings. The summed E-state index contributed by atoms with van der Waals surface area (Å²) in [5.41, 5.74) is 1.96. The monoisotopic (exact) mass is 271 g/mol. The number of amides is 2. The van der Waals surface area contributed by atoms with Gasteiger partial charge in [0.25, 0.3) is 0 Å². The summed E-state index contributed by atoms with van der Waals surface area (Å²) in [6.45, 7) is 1.89. The molecular weight excluding hydrogens is 254 g/mol. The van der Waals surface area contributed by atoms with Crippen molar-refractivity contribution >= 4 is 11.8 Å². The van der Waals surface area contributed by atoms with Crippen molar-refractivity contribution in [3.05, 3.63) is 47.5 Å². The van der Waals surface area contributed by atoms with Gasteiger partial charge in [0.05, 0.1) is 12.3 Å². The van der Waals surface area contributed by atoms with Crippen LogP contribution in [0.15, 0.2) is 34.9 Å². The predicted octanol–water partition coefficient (Wildman–Crippen LogP) is 3.18. The Morgan fingerprint density at radius 1 is 1.40 bits per heavy atom. The maximum atomic E-state index is 12.0. The number of aryl methyl sites for hydroxylation is 2. The summed E-state index contributed by atoms with van der Waals surface area (Å²) in [5.74, 6) is 1.54. The van der Waals surface area contributed by atoms with Crippen molar-refractivity contribution < 1.29 is 9.21 Å². The van der Waals surface area contributed by atoms with Crippen LogP contribution in [0.4, 0.5) is 10.6 Å². The molecule has 0 aromatic carbocycles. The largest absolute Gasteiger partial charge is 0.469 e. The third-order valence-corrected chi connectivity index (χ3v) is 3.49. The number of nitrogens with zero attached hydrogens (tertiary/aromatic N) is 1. The van der Waals surface area contributed by atoms with Crippen LogP contribution < -0.4 is 10.6 Å². The normalized spacial score (nSPS) is 17.4. The van der Waals surface area contributed by atoms with E-state index in [-0.39, 0.29) is 12.1 Å². The van der Waals surface area contributed by atoms with E-state index in [1.165, 1.54) is 0 Å². The van der Waals surface area contributed by atoms with Gasteiger partial charge in [-0.05, 0) is 38.0 Å². The zero-order valence-electron chi connectivity index (χ0n) is 11.3. The fourth-order valence-corrected chi connectivity index (χ4v) is 2.56. The molecule has 0 unspecified atom stereocenters.